The quantitative estimate of drug-likeness (QED) is 0.914. The van der Waals surface area contributed by atoms with Crippen molar-refractivity contribution in [2.75, 3.05) is 13.6 Å². The molecule has 0 aliphatic heterocycles. The maximum absolute atomic E-state index is 13.8. The van der Waals surface area contributed by atoms with Gasteiger partial charge in [0.25, 0.3) is 0 Å². The van der Waals surface area contributed by atoms with Crippen LogP contribution in [0.2, 0.25) is 0 Å². The lowest BCUT2D eigenvalue weighted by Gasteiger charge is -2.39. The second-order valence-electron chi connectivity index (χ2n) is 7.08. The third-order valence-corrected chi connectivity index (χ3v) is 4.80. The van der Waals surface area contributed by atoms with Gasteiger partial charge in [0.2, 0.25) is 0 Å². The van der Waals surface area contributed by atoms with Crippen LogP contribution in [0.25, 0.3) is 0 Å². The van der Waals surface area contributed by atoms with E-state index in [1.54, 1.807) is 6.07 Å². The van der Waals surface area contributed by atoms with Crippen LogP contribution in [0.3, 0.4) is 0 Å². The third-order valence-electron chi connectivity index (χ3n) is 4.80. The summed E-state index contributed by atoms with van der Waals surface area (Å²) in [6.45, 7) is 5.15. The summed E-state index contributed by atoms with van der Waals surface area (Å²) in [5, 5.41) is 0. The Morgan fingerprint density at radius 3 is 2.52 bits per heavy atom. The normalized spacial score (nSPS) is 20.7. The van der Waals surface area contributed by atoms with E-state index >= 15 is 0 Å². The zero-order chi connectivity index (χ0) is 15.6. The van der Waals surface area contributed by atoms with Gasteiger partial charge in [0.15, 0.2) is 11.6 Å². The summed E-state index contributed by atoms with van der Waals surface area (Å²) < 4.78 is 27.0. The van der Waals surface area contributed by atoms with Crippen LogP contribution in [0.15, 0.2) is 18.2 Å². The lowest BCUT2D eigenvalue weighted by molar-refractivity contribution is 0.122. The monoisotopic (exact) mass is 296 g/mol. The highest BCUT2D eigenvalue weighted by Crippen LogP contribution is 2.36. The molecule has 1 unspecified atom stereocenters. The predicted molar refractivity (Wildman–Crippen MR) is 82.0 cm³/mol. The molecule has 2 rings (SSSR count). The van der Waals surface area contributed by atoms with Gasteiger partial charge in [-0.3, -0.25) is 0 Å². The molecule has 21 heavy (non-hydrogen) atoms. The molecule has 0 radical (unpaired) electrons. The van der Waals surface area contributed by atoms with Crippen LogP contribution >= 0.6 is 0 Å². The Hall–Kier alpha value is -1.00. The highest BCUT2D eigenvalue weighted by atomic mass is 19.2. The number of likely N-dealkylation sites (N-methyl/N-ethyl adjacent to an activating group) is 1. The van der Waals surface area contributed by atoms with Crippen molar-refractivity contribution >= 4 is 0 Å². The van der Waals surface area contributed by atoms with Crippen molar-refractivity contribution in [1.82, 2.24) is 4.90 Å². The Balaban J connectivity index is 1.96. The lowest BCUT2D eigenvalue weighted by atomic mass is 9.75. The largest absolute Gasteiger partial charge is 0.323 e. The number of benzene rings is 1. The number of hydrogen-bond acceptors (Lipinski definition) is 2. The van der Waals surface area contributed by atoms with E-state index in [1.165, 1.54) is 18.9 Å². The number of nitrogens with two attached hydrogens (primary N) is 1. The minimum atomic E-state index is -0.829. The molecule has 0 saturated heterocycles. The first-order valence-electron chi connectivity index (χ1n) is 7.70. The maximum atomic E-state index is 13.8. The number of hydrogen-bond donors (Lipinski definition) is 1. The van der Waals surface area contributed by atoms with E-state index in [9.17, 15) is 8.78 Å². The van der Waals surface area contributed by atoms with Gasteiger partial charge in [-0.25, -0.2) is 8.78 Å². The second kappa shape index (κ2) is 6.41. The van der Waals surface area contributed by atoms with E-state index in [0.29, 0.717) is 18.0 Å². The van der Waals surface area contributed by atoms with Crippen LogP contribution in [-0.4, -0.2) is 24.5 Å². The van der Waals surface area contributed by atoms with Crippen molar-refractivity contribution < 1.29 is 8.78 Å². The average Bonchev–Trinajstić information content (AvgIpc) is 2.41. The molecule has 4 heteroatoms. The summed E-state index contributed by atoms with van der Waals surface area (Å²) in [6, 6.07) is 4.19. The average molecular weight is 296 g/mol. The Bertz CT molecular complexity index is 478. The Labute approximate surface area is 126 Å². The van der Waals surface area contributed by atoms with E-state index in [2.05, 4.69) is 18.7 Å². The molecule has 0 bridgehead atoms. The molecule has 0 aromatic heterocycles. The van der Waals surface area contributed by atoms with Crippen LogP contribution in [0.4, 0.5) is 8.78 Å². The van der Waals surface area contributed by atoms with Crippen molar-refractivity contribution in [3.8, 4) is 0 Å². The Kier molecular flexibility index (Phi) is 4.99. The smallest absolute Gasteiger partial charge is 0.163 e. The van der Waals surface area contributed by atoms with E-state index in [0.717, 1.165) is 18.9 Å². The van der Waals surface area contributed by atoms with Crippen molar-refractivity contribution in [3.05, 3.63) is 35.4 Å². The summed E-state index contributed by atoms with van der Waals surface area (Å²) in [5.41, 5.74) is 6.76. The highest BCUT2D eigenvalue weighted by Gasteiger charge is 2.29. The molecule has 0 heterocycles. The molecule has 1 atom stereocenters. The first-order valence-corrected chi connectivity index (χ1v) is 7.70. The lowest BCUT2D eigenvalue weighted by Crippen LogP contribution is -2.40. The van der Waals surface area contributed by atoms with Gasteiger partial charge in [-0.1, -0.05) is 26.0 Å². The van der Waals surface area contributed by atoms with Crippen LogP contribution in [0, 0.1) is 17.0 Å². The molecule has 1 aliphatic rings. The molecule has 1 aromatic carbocycles. The molecular formula is C17H26F2N2. The van der Waals surface area contributed by atoms with Crippen LogP contribution < -0.4 is 5.73 Å². The molecule has 2 nitrogen and oxygen atoms in total. The van der Waals surface area contributed by atoms with E-state index in [4.69, 9.17) is 5.73 Å². The molecule has 2 N–H and O–H groups in total. The fourth-order valence-corrected chi connectivity index (χ4v) is 3.19. The zero-order valence-electron chi connectivity index (χ0n) is 13.2. The topological polar surface area (TPSA) is 29.3 Å². The van der Waals surface area contributed by atoms with Gasteiger partial charge < -0.3 is 10.6 Å². The Morgan fingerprint density at radius 1 is 1.29 bits per heavy atom. The SMILES string of the molecule is CN(CC(N)c1cccc(F)c1F)C1CCC(C)(C)CC1. The van der Waals surface area contributed by atoms with Crippen molar-refractivity contribution in [2.24, 2.45) is 11.1 Å². The number of rotatable bonds is 4. The van der Waals surface area contributed by atoms with Crippen molar-refractivity contribution in [1.29, 1.82) is 0 Å². The van der Waals surface area contributed by atoms with E-state index in [-0.39, 0.29) is 5.56 Å². The van der Waals surface area contributed by atoms with Crippen molar-refractivity contribution in [2.45, 2.75) is 51.6 Å². The standard InChI is InChI=1S/C17H26F2N2/c1-17(2)9-7-12(8-10-17)21(3)11-15(20)13-5-4-6-14(18)16(13)19/h4-6,12,15H,7-11,20H2,1-3H3. The van der Waals surface area contributed by atoms with Gasteiger partial charge in [-0.15, -0.1) is 0 Å². The zero-order valence-corrected chi connectivity index (χ0v) is 13.2. The van der Waals surface area contributed by atoms with Gasteiger partial charge in [0.1, 0.15) is 0 Å². The molecule has 0 amide bonds. The summed E-state index contributed by atoms with van der Waals surface area (Å²) in [7, 11) is 2.03. The van der Waals surface area contributed by atoms with Gasteiger partial charge in [0.05, 0.1) is 0 Å². The molecule has 1 aromatic rings. The van der Waals surface area contributed by atoms with Gasteiger partial charge >= 0.3 is 0 Å². The first-order chi connectivity index (χ1) is 9.80. The highest BCUT2D eigenvalue weighted by molar-refractivity contribution is 5.22. The summed E-state index contributed by atoms with van der Waals surface area (Å²) in [4.78, 5) is 2.20. The molecule has 1 aliphatic carbocycles. The number of nitrogens with zero attached hydrogens (tertiary/aromatic N) is 1. The van der Waals surface area contributed by atoms with Crippen LogP contribution in [0.5, 0.6) is 0 Å². The number of halogens is 2. The Morgan fingerprint density at radius 2 is 1.90 bits per heavy atom. The van der Waals surface area contributed by atoms with Crippen LogP contribution in [0.1, 0.15) is 51.1 Å². The molecule has 118 valence electrons. The summed E-state index contributed by atoms with van der Waals surface area (Å²) in [5.74, 6) is -1.65. The minimum Gasteiger partial charge on any atom is -0.323 e. The van der Waals surface area contributed by atoms with Crippen molar-refractivity contribution in [3.63, 3.8) is 0 Å². The molecular weight excluding hydrogens is 270 g/mol. The summed E-state index contributed by atoms with van der Waals surface area (Å²) >= 11 is 0. The van der Waals surface area contributed by atoms with Gasteiger partial charge in [0, 0.05) is 24.2 Å². The van der Waals surface area contributed by atoms with Crippen LogP contribution in [-0.2, 0) is 0 Å². The minimum absolute atomic E-state index is 0.262. The van der Waals surface area contributed by atoms with Gasteiger partial charge in [-0.05, 0) is 44.2 Å². The van der Waals surface area contributed by atoms with E-state index in [1.807, 2.05) is 7.05 Å². The maximum Gasteiger partial charge on any atom is 0.163 e. The fourth-order valence-electron chi connectivity index (χ4n) is 3.19. The third kappa shape index (κ3) is 4.01. The van der Waals surface area contributed by atoms with E-state index < -0.39 is 17.7 Å². The van der Waals surface area contributed by atoms with Gasteiger partial charge in [-0.2, -0.15) is 0 Å². The fraction of sp³-hybridized carbons (Fsp3) is 0.647. The first kappa shape index (κ1) is 16.4. The summed E-state index contributed by atoms with van der Waals surface area (Å²) in [6.07, 6.45) is 4.68. The molecule has 0 spiro atoms. The molecule has 1 saturated carbocycles. The predicted octanol–water partition coefficient (Wildman–Crippen LogP) is 3.87. The molecule has 1 fully saturated rings. The second-order valence-corrected chi connectivity index (χ2v) is 7.08.